The molecule has 1 aliphatic rings. The summed E-state index contributed by atoms with van der Waals surface area (Å²) in [5, 5.41) is 10.5. The van der Waals surface area contributed by atoms with E-state index in [4.69, 9.17) is 0 Å². The number of rotatable bonds is 1. The molecule has 0 heterocycles. The SMILES string of the molecule is CC1(C)CCCC=C1[N+](=O)[O-]. The monoisotopic (exact) mass is 155 g/mol. The largest absolute Gasteiger partial charge is 0.259 e. The van der Waals surface area contributed by atoms with E-state index in [-0.39, 0.29) is 10.3 Å². The predicted molar refractivity (Wildman–Crippen MR) is 42.7 cm³/mol. The first kappa shape index (κ1) is 8.24. The molecule has 0 fully saturated rings. The zero-order chi connectivity index (χ0) is 8.48. The Morgan fingerprint density at radius 1 is 1.64 bits per heavy atom. The van der Waals surface area contributed by atoms with Crippen LogP contribution in [0.2, 0.25) is 0 Å². The van der Waals surface area contributed by atoms with Gasteiger partial charge in [-0.25, -0.2) is 0 Å². The Hall–Kier alpha value is -0.860. The van der Waals surface area contributed by atoms with Gasteiger partial charge in [-0.05, 0) is 39.2 Å². The maximum absolute atomic E-state index is 10.5. The fourth-order valence-electron chi connectivity index (χ4n) is 1.51. The van der Waals surface area contributed by atoms with E-state index in [2.05, 4.69) is 0 Å². The molecule has 11 heavy (non-hydrogen) atoms. The number of hydrogen-bond donors (Lipinski definition) is 0. The highest BCUT2D eigenvalue weighted by molar-refractivity contribution is 5.06. The van der Waals surface area contributed by atoms with Crippen molar-refractivity contribution < 1.29 is 4.92 Å². The van der Waals surface area contributed by atoms with Gasteiger partial charge in [-0.3, -0.25) is 10.1 Å². The lowest BCUT2D eigenvalue weighted by Crippen LogP contribution is -2.23. The lowest BCUT2D eigenvalue weighted by atomic mass is 9.80. The number of allylic oxidation sites excluding steroid dienone is 2. The highest BCUT2D eigenvalue weighted by Gasteiger charge is 2.34. The van der Waals surface area contributed by atoms with E-state index in [1.807, 2.05) is 13.8 Å². The van der Waals surface area contributed by atoms with Crippen molar-refractivity contribution in [2.45, 2.75) is 33.1 Å². The van der Waals surface area contributed by atoms with Crippen LogP contribution in [-0.2, 0) is 0 Å². The Morgan fingerprint density at radius 2 is 2.27 bits per heavy atom. The molecule has 0 aliphatic heterocycles. The van der Waals surface area contributed by atoms with Crippen molar-refractivity contribution in [3.8, 4) is 0 Å². The fraction of sp³-hybridized carbons (Fsp3) is 0.750. The molecule has 0 saturated carbocycles. The van der Waals surface area contributed by atoms with Gasteiger partial charge in [0.2, 0.25) is 5.70 Å². The molecular weight excluding hydrogens is 142 g/mol. The maximum atomic E-state index is 10.5. The molecular formula is C8H13NO2. The molecule has 0 N–H and O–H groups in total. The normalized spacial score (nSPS) is 22.5. The molecule has 3 heteroatoms. The molecule has 0 aromatic heterocycles. The minimum atomic E-state index is -0.251. The van der Waals surface area contributed by atoms with Gasteiger partial charge >= 0.3 is 0 Å². The van der Waals surface area contributed by atoms with Crippen molar-refractivity contribution in [2.75, 3.05) is 0 Å². The van der Waals surface area contributed by atoms with Gasteiger partial charge in [-0.15, -0.1) is 0 Å². The average Bonchev–Trinajstić information content (AvgIpc) is 1.85. The van der Waals surface area contributed by atoms with Crippen molar-refractivity contribution in [2.24, 2.45) is 5.41 Å². The van der Waals surface area contributed by atoms with Crippen LogP contribution in [0.15, 0.2) is 11.8 Å². The van der Waals surface area contributed by atoms with Crippen LogP contribution in [0.5, 0.6) is 0 Å². The summed E-state index contributed by atoms with van der Waals surface area (Å²) in [6.07, 6.45) is 4.62. The molecule has 0 amide bonds. The van der Waals surface area contributed by atoms with E-state index >= 15 is 0 Å². The van der Waals surface area contributed by atoms with Gasteiger partial charge in [0.25, 0.3) is 0 Å². The molecule has 0 aromatic rings. The fourth-order valence-corrected chi connectivity index (χ4v) is 1.51. The second-order valence-electron chi connectivity index (χ2n) is 3.62. The molecule has 0 aromatic carbocycles. The van der Waals surface area contributed by atoms with Gasteiger partial charge in [0, 0.05) is 0 Å². The lowest BCUT2D eigenvalue weighted by molar-refractivity contribution is -0.441. The standard InChI is InChI=1S/C8H13NO2/c1-8(2)6-4-3-5-7(8)9(10)11/h5H,3-4,6H2,1-2H3. The Balaban J connectivity index is 2.89. The molecule has 0 unspecified atom stereocenters. The van der Waals surface area contributed by atoms with Crippen molar-refractivity contribution in [3.05, 3.63) is 21.9 Å². The summed E-state index contributed by atoms with van der Waals surface area (Å²) < 4.78 is 0. The third kappa shape index (κ3) is 1.59. The second-order valence-corrected chi connectivity index (χ2v) is 3.62. The molecule has 0 atom stereocenters. The zero-order valence-corrected chi connectivity index (χ0v) is 6.96. The molecule has 62 valence electrons. The van der Waals surface area contributed by atoms with Crippen molar-refractivity contribution in [3.63, 3.8) is 0 Å². The van der Waals surface area contributed by atoms with E-state index in [0.29, 0.717) is 5.70 Å². The highest BCUT2D eigenvalue weighted by Crippen LogP contribution is 2.36. The van der Waals surface area contributed by atoms with Crippen molar-refractivity contribution >= 4 is 0 Å². The van der Waals surface area contributed by atoms with Crippen LogP contribution in [0.4, 0.5) is 0 Å². The van der Waals surface area contributed by atoms with Crippen LogP contribution in [0, 0.1) is 15.5 Å². The topological polar surface area (TPSA) is 43.1 Å². The first-order valence-electron chi connectivity index (χ1n) is 3.89. The number of nitrogens with zero attached hydrogens (tertiary/aromatic N) is 1. The first-order chi connectivity index (χ1) is 5.04. The highest BCUT2D eigenvalue weighted by atomic mass is 16.6. The van der Waals surface area contributed by atoms with Crippen LogP contribution in [0.3, 0.4) is 0 Å². The Bertz CT molecular complexity index is 206. The minimum Gasteiger partial charge on any atom is -0.259 e. The molecule has 0 spiro atoms. The predicted octanol–water partition coefficient (Wildman–Crippen LogP) is 2.36. The summed E-state index contributed by atoms with van der Waals surface area (Å²) in [6, 6.07) is 0. The quantitative estimate of drug-likeness (QED) is 0.431. The minimum absolute atomic E-state index is 0.220. The molecule has 3 nitrogen and oxygen atoms in total. The summed E-state index contributed by atoms with van der Waals surface area (Å²) in [4.78, 5) is 10.3. The smallest absolute Gasteiger partial charge is 0.247 e. The number of hydrogen-bond acceptors (Lipinski definition) is 2. The third-order valence-corrected chi connectivity index (χ3v) is 2.23. The summed E-state index contributed by atoms with van der Waals surface area (Å²) in [5.41, 5.74) is 0.172. The van der Waals surface area contributed by atoms with Crippen LogP contribution in [-0.4, -0.2) is 4.92 Å². The van der Waals surface area contributed by atoms with Gasteiger partial charge in [0.15, 0.2) is 0 Å². The molecule has 1 rings (SSSR count). The maximum Gasteiger partial charge on any atom is 0.247 e. The second kappa shape index (κ2) is 2.64. The summed E-state index contributed by atoms with van der Waals surface area (Å²) in [5.74, 6) is 0. The Labute approximate surface area is 66.3 Å². The van der Waals surface area contributed by atoms with E-state index in [0.717, 1.165) is 19.3 Å². The van der Waals surface area contributed by atoms with E-state index < -0.39 is 0 Å². The van der Waals surface area contributed by atoms with Gasteiger partial charge in [0.05, 0.1) is 10.3 Å². The summed E-state index contributed by atoms with van der Waals surface area (Å²) >= 11 is 0. The molecule has 0 radical (unpaired) electrons. The van der Waals surface area contributed by atoms with Crippen molar-refractivity contribution in [1.29, 1.82) is 0 Å². The van der Waals surface area contributed by atoms with Gasteiger partial charge in [-0.2, -0.15) is 0 Å². The van der Waals surface area contributed by atoms with E-state index in [1.165, 1.54) is 0 Å². The first-order valence-corrected chi connectivity index (χ1v) is 3.89. The van der Waals surface area contributed by atoms with E-state index in [1.54, 1.807) is 6.08 Å². The third-order valence-electron chi connectivity index (χ3n) is 2.23. The van der Waals surface area contributed by atoms with Crippen LogP contribution < -0.4 is 0 Å². The number of nitro groups is 1. The molecule has 1 aliphatic carbocycles. The Morgan fingerprint density at radius 3 is 2.64 bits per heavy atom. The van der Waals surface area contributed by atoms with E-state index in [9.17, 15) is 10.1 Å². The van der Waals surface area contributed by atoms with Gasteiger partial charge in [0.1, 0.15) is 0 Å². The van der Waals surface area contributed by atoms with Gasteiger partial charge in [-0.1, -0.05) is 0 Å². The zero-order valence-electron chi connectivity index (χ0n) is 6.96. The lowest BCUT2D eigenvalue weighted by Gasteiger charge is -2.24. The van der Waals surface area contributed by atoms with Gasteiger partial charge < -0.3 is 0 Å². The molecule has 0 saturated heterocycles. The molecule has 0 bridgehead atoms. The van der Waals surface area contributed by atoms with Crippen LogP contribution in [0.1, 0.15) is 33.1 Å². The summed E-state index contributed by atoms with van der Waals surface area (Å²) in [6.45, 7) is 3.86. The van der Waals surface area contributed by atoms with Crippen molar-refractivity contribution in [1.82, 2.24) is 0 Å². The Kier molecular flexibility index (Phi) is 1.98. The summed E-state index contributed by atoms with van der Waals surface area (Å²) in [7, 11) is 0. The average molecular weight is 155 g/mol. The van der Waals surface area contributed by atoms with Crippen LogP contribution >= 0.6 is 0 Å². The van der Waals surface area contributed by atoms with Crippen LogP contribution in [0.25, 0.3) is 0 Å².